The molecule has 0 atom stereocenters. The number of fused-ring (bicyclic) bond motifs is 1. The van der Waals surface area contributed by atoms with E-state index in [1.165, 1.54) is 5.56 Å². The van der Waals surface area contributed by atoms with Crippen LogP contribution in [0.3, 0.4) is 0 Å². The topological polar surface area (TPSA) is 47.2 Å². The van der Waals surface area contributed by atoms with E-state index in [-0.39, 0.29) is 5.91 Å². The predicted octanol–water partition coefficient (Wildman–Crippen LogP) is 5.41. The lowest BCUT2D eigenvalue weighted by Crippen LogP contribution is -2.18. The molecule has 4 heteroatoms. The number of amides is 1. The number of furan rings is 1. The third kappa shape index (κ3) is 3.38. The number of para-hydroxylation sites is 1. The van der Waals surface area contributed by atoms with Gasteiger partial charge in [0.25, 0.3) is 5.91 Å². The third-order valence-corrected chi connectivity index (χ3v) is 4.86. The van der Waals surface area contributed by atoms with Crippen LogP contribution in [0.25, 0.3) is 11.1 Å². The molecule has 0 saturated carbocycles. The molecular weight excluding hydrogens is 336 g/mol. The monoisotopic (exact) mass is 358 g/mol. The van der Waals surface area contributed by atoms with E-state index < -0.39 is 0 Å². The molecule has 1 amide bonds. The van der Waals surface area contributed by atoms with Crippen LogP contribution in [0.1, 0.15) is 34.1 Å². The van der Waals surface area contributed by atoms with Crippen LogP contribution in [0.2, 0.25) is 0 Å². The molecule has 0 aliphatic rings. The van der Waals surface area contributed by atoms with Crippen LogP contribution in [-0.4, -0.2) is 10.5 Å². The number of carbonyl (C=O) groups excluding carboxylic acids is 1. The maximum atomic E-state index is 13.0. The number of anilines is 1. The van der Waals surface area contributed by atoms with Crippen LogP contribution < -0.4 is 5.32 Å². The first-order valence-corrected chi connectivity index (χ1v) is 9.17. The van der Waals surface area contributed by atoms with Crippen molar-refractivity contribution in [2.24, 2.45) is 0 Å². The zero-order valence-electron chi connectivity index (χ0n) is 15.5. The van der Waals surface area contributed by atoms with E-state index in [1.54, 1.807) is 6.26 Å². The van der Waals surface area contributed by atoms with Crippen LogP contribution in [0, 0.1) is 6.92 Å². The van der Waals surface area contributed by atoms with Gasteiger partial charge in [-0.2, -0.15) is 0 Å². The molecule has 4 aromatic rings. The molecule has 0 fully saturated rings. The van der Waals surface area contributed by atoms with E-state index in [0.29, 0.717) is 12.2 Å². The van der Waals surface area contributed by atoms with Crippen molar-refractivity contribution in [1.82, 2.24) is 4.57 Å². The van der Waals surface area contributed by atoms with Gasteiger partial charge in [0.1, 0.15) is 5.69 Å². The average molecular weight is 358 g/mol. The van der Waals surface area contributed by atoms with Gasteiger partial charge in [-0.1, -0.05) is 55.0 Å². The van der Waals surface area contributed by atoms with Gasteiger partial charge in [-0.15, -0.1) is 0 Å². The summed E-state index contributed by atoms with van der Waals surface area (Å²) in [6, 6.07) is 20.0. The molecule has 1 N–H and O–H groups in total. The fourth-order valence-electron chi connectivity index (χ4n) is 3.35. The van der Waals surface area contributed by atoms with Gasteiger partial charge in [-0.3, -0.25) is 4.79 Å². The molecule has 0 bridgehead atoms. The summed E-state index contributed by atoms with van der Waals surface area (Å²) >= 11 is 0. The molecular formula is C23H22N2O2. The normalized spacial score (nSPS) is 11.0. The Balaban J connectivity index is 1.69. The van der Waals surface area contributed by atoms with Crippen molar-refractivity contribution in [2.75, 3.05) is 5.32 Å². The fraction of sp³-hybridized carbons (Fsp3) is 0.174. The van der Waals surface area contributed by atoms with E-state index in [0.717, 1.165) is 34.3 Å². The predicted molar refractivity (Wildman–Crippen MR) is 108 cm³/mol. The smallest absolute Gasteiger partial charge is 0.272 e. The maximum Gasteiger partial charge on any atom is 0.272 e. The van der Waals surface area contributed by atoms with E-state index in [9.17, 15) is 4.79 Å². The molecule has 0 unspecified atom stereocenters. The lowest BCUT2D eigenvalue weighted by molar-refractivity contribution is 0.101. The zero-order valence-corrected chi connectivity index (χ0v) is 15.5. The van der Waals surface area contributed by atoms with Crippen LogP contribution in [-0.2, 0) is 13.0 Å². The van der Waals surface area contributed by atoms with Gasteiger partial charge in [-0.05, 0) is 30.5 Å². The van der Waals surface area contributed by atoms with Crippen molar-refractivity contribution in [1.29, 1.82) is 0 Å². The van der Waals surface area contributed by atoms with E-state index in [2.05, 4.69) is 43.4 Å². The number of hydrogen-bond donors (Lipinski definition) is 1. The van der Waals surface area contributed by atoms with E-state index >= 15 is 0 Å². The summed E-state index contributed by atoms with van der Waals surface area (Å²) in [5, 5.41) is 3.06. The van der Waals surface area contributed by atoms with Crippen LogP contribution in [0.15, 0.2) is 71.3 Å². The Morgan fingerprint density at radius 1 is 1.07 bits per heavy atom. The first kappa shape index (κ1) is 17.2. The number of carbonyl (C=O) groups is 1. The van der Waals surface area contributed by atoms with Gasteiger partial charge in [0.2, 0.25) is 0 Å². The number of hydrogen-bond acceptors (Lipinski definition) is 2. The Labute approximate surface area is 158 Å². The Hall–Kier alpha value is -3.27. The number of aromatic nitrogens is 1. The lowest BCUT2D eigenvalue weighted by Gasteiger charge is -2.13. The van der Waals surface area contributed by atoms with Crippen LogP contribution >= 0.6 is 0 Å². The molecule has 2 aromatic carbocycles. The second kappa shape index (κ2) is 7.16. The number of nitrogens with one attached hydrogen (secondary N) is 1. The van der Waals surface area contributed by atoms with Crippen molar-refractivity contribution in [3.05, 3.63) is 89.3 Å². The van der Waals surface area contributed by atoms with Gasteiger partial charge in [0.15, 0.2) is 5.58 Å². The SMILES string of the molecule is CCc1ccccc1NC(=O)c1cc2occc2n1Cc1ccc(C)cc1. The number of benzene rings is 2. The van der Waals surface area contributed by atoms with Crippen molar-refractivity contribution >= 4 is 22.7 Å². The molecule has 2 aromatic heterocycles. The highest BCUT2D eigenvalue weighted by Gasteiger charge is 2.18. The highest BCUT2D eigenvalue weighted by molar-refractivity contribution is 6.06. The minimum absolute atomic E-state index is 0.130. The Morgan fingerprint density at radius 2 is 1.85 bits per heavy atom. The van der Waals surface area contributed by atoms with Crippen molar-refractivity contribution in [3.63, 3.8) is 0 Å². The van der Waals surface area contributed by atoms with Crippen LogP contribution in [0.5, 0.6) is 0 Å². The summed E-state index contributed by atoms with van der Waals surface area (Å²) in [4.78, 5) is 13.0. The van der Waals surface area contributed by atoms with E-state index in [1.807, 2.05) is 41.0 Å². The Kier molecular flexibility index (Phi) is 4.55. The quantitative estimate of drug-likeness (QED) is 0.519. The summed E-state index contributed by atoms with van der Waals surface area (Å²) in [7, 11) is 0. The van der Waals surface area contributed by atoms with Crippen molar-refractivity contribution in [3.8, 4) is 0 Å². The van der Waals surface area contributed by atoms with Gasteiger partial charge < -0.3 is 14.3 Å². The fourth-order valence-corrected chi connectivity index (χ4v) is 3.35. The molecule has 4 nitrogen and oxygen atoms in total. The highest BCUT2D eigenvalue weighted by atomic mass is 16.3. The number of aryl methyl sites for hydroxylation is 2. The molecule has 0 aliphatic heterocycles. The summed E-state index contributed by atoms with van der Waals surface area (Å²) in [5.74, 6) is -0.130. The molecule has 4 rings (SSSR count). The number of rotatable bonds is 5. The molecule has 0 spiro atoms. The average Bonchev–Trinajstić information content (AvgIpc) is 3.26. The van der Waals surface area contributed by atoms with Gasteiger partial charge in [-0.25, -0.2) is 0 Å². The van der Waals surface area contributed by atoms with Crippen molar-refractivity contribution in [2.45, 2.75) is 26.8 Å². The largest absolute Gasteiger partial charge is 0.463 e. The lowest BCUT2D eigenvalue weighted by atomic mass is 10.1. The van der Waals surface area contributed by atoms with Gasteiger partial charge >= 0.3 is 0 Å². The number of nitrogens with zero attached hydrogens (tertiary/aromatic N) is 1. The summed E-state index contributed by atoms with van der Waals surface area (Å²) in [6.07, 6.45) is 2.52. The van der Waals surface area contributed by atoms with E-state index in [4.69, 9.17) is 4.42 Å². The standard InChI is InChI=1S/C23H22N2O2/c1-3-18-6-4-5-7-19(18)24-23(26)21-14-22-20(12-13-27-22)25(21)15-17-10-8-16(2)9-11-17/h4-14H,3,15H2,1-2H3,(H,24,26). The molecule has 27 heavy (non-hydrogen) atoms. The first-order valence-electron chi connectivity index (χ1n) is 9.17. The second-order valence-electron chi connectivity index (χ2n) is 6.74. The third-order valence-electron chi connectivity index (χ3n) is 4.86. The van der Waals surface area contributed by atoms with Gasteiger partial charge in [0.05, 0.1) is 11.8 Å². The molecule has 0 radical (unpaired) electrons. The minimum atomic E-state index is -0.130. The van der Waals surface area contributed by atoms with Crippen LogP contribution in [0.4, 0.5) is 5.69 Å². The summed E-state index contributed by atoms with van der Waals surface area (Å²) < 4.78 is 7.55. The zero-order chi connectivity index (χ0) is 18.8. The molecule has 0 aliphatic carbocycles. The Morgan fingerprint density at radius 3 is 2.63 bits per heavy atom. The van der Waals surface area contributed by atoms with Gasteiger partial charge in [0, 0.05) is 24.4 Å². The first-order chi connectivity index (χ1) is 13.2. The Bertz CT molecular complexity index is 1090. The highest BCUT2D eigenvalue weighted by Crippen LogP contribution is 2.24. The summed E-state index contributed by atoms with van der Waals surface area (Å²) in [5.41, 5.74) is 6.56. The molecule has 2 heterocycles. The maximum absolute atomic E-state index is 13.0. The summed E-state index contributed by atoms with van der Waals surface area (Å²) in [6.45, 7) is 4.76. The van der Waals surface area contributed by atoms with Crippen molar-refractivity contribution < 1.29 is 9.21 Å². The minimum Gasteiger partial charge on any atom is -0.463 e. The molecule has 0 saturated heterocycles. The molecule has 136 valence electrons. The second-order valence-corrected chi connectivity index (χ2v) is 6.74.